The first-order chi connectivity index (χ1) is 7.44. The van der Waals surface area contributed by atoms with Crippen LogP contribution in [-0.4, -0.2) is 50.5 Å². The highest BCUT2D eigenvalue weighted by Crippen LogP contribution is 2.19. The molecule has 0 aromatic rings. The summed E-state index contributed by atoms with van der Waals surface area (Å²) in [4.78, 5) is 1.39. The largest absolute Gasteiger partial charge is 0.401 e. The van der Waals surface area contributed by atoms with Gasteiger partial charge in [0.25, 0.3) is 0 Å². The Morgan fingerprint density at radius 2 is 2.00 bits per heavy atom. The number of ether oxygens (including phenoxy) is 1. The zero-order valence-corrected chi connectivity index (χ0v) is 9.89. The summed E-state index contributed by atoms with van der Waals surface area (Å²) in [6.07, 6.45) is -2.82. The van der Waals surface area contributed by atoms with Gasteiger partial charge in [0, 0.05) is 13.2 Å². The summed E-state index contributed by atoms with van der Waals surface area (Å²) < 4.78 is 41.9. The predicted octanol–water partition coefficient (Wildman–Crippen LogP) is 1.62. The molecule has 0 heterocycles. The molecule has 98 valence electrons. The van der Waals surface area contributed by atoms with Gasteiger partial charge in [0.05, 0.1) is 13.2 Å². The maximum atomic E-state index is 12.3. The van der Waals surface area contributed by atoms with Crippen LogP contribution >= 0.6 is 0 Å². The molecule has 0 aromatic heterocycles. The molecule has 0 fully saturated rings. The van der Waals surface area contributed by atoms with Crippen molar-refractivity contribution in [3.8, 4) is 0 Å². The van der Waals surface area contributed by atoms with Gasteiger partial charge in [0.1, 0.15) is 0 Å². The fourth-order valence-corrected chi connectivity index (χ4v) is 1.65. The lowest BCUT2D eigenvalue weighted by Gasteiger charge is -2.30. The highest BCUT2D eigenvalue weighted by molar-refractivity contribution is 4.73. The number of likely N-dealkylation sites (N-methyl/N-ethyl adjacent to an activating group) is 1. The van der Waals surface area contributed by atoms with Crippen molar-refractivity contribution in [1.82, 2.24) is 4.90 Å². The molecule has 1 unspecified atom stereocenters. The highest BCUT2D eigenvalue weighted by atomic mass is 19.4. The van der Waals surface area contributed by atoms with Gasteiger partial charge in [-0.25, -0.2) is 0 Å². The van der Waals surface area contributed by atoms with Crippen molar-refractivity contribution in [3.05, 3.63) is 0 Å². The van der Waals surface area contributed by atoms with E-state index in [0.717, 1.165) is 0 Å². The molecular formula is C10H21F3N2O. The van der Waals surface area contributed by atoms with Gasteiger partial charge in [0.2, 0.25) is 0 Å². The van der Waals surface area contributed by atoms with Crippen LogP contribution in [0.4, 0.5) is 13.2 Å². The van der Waals surface area contributed by atoms with E-state index in [0.29, 0.717) is 32.5 Å². The molecule has 0 aliphatic carbocycles. The van der Waals surface area contributed by atoms with Crippen LogP contribution in [0.5, 0.6) is 0 Å². The molecule has 0 saturated carbocycles. The monoisotopic (exact) mass is 242 g/mol. The van der Waals surface area contributed by atoms with Crippen LogP contribution < -0.4 is 5.73 Å². The highest BCUT2D eigenvalue weighted by Gasteiger charge is 2.32. The quantitative estimate of drug-likeness (QED) is 0.703. The third-order valence-electron chi connectivity index (χ3n) is 2.41. The van der Waals surface area contributed by atoms with E-state index in [1.807, 2.05) is 0 Å². The first-order valence-corrected chi connectivity index (χ1v) is 5.44. The molecule has 0 aromatic carbocycles. The maximum absolute atomic E-state index is 12.3. The van der Waals surface area contributed by atoms with E-state index < -0.39 is 12.7 Å². The van der Waals surface area contributed by atoms with Crippen LogP contribution in [-0.2, 0) is 4.74 Å². The van der Waals surface area contributed by atoms with Crippen molar-refractivity contribution in [2.45, 2.75) is 32.0 Å². The molecule has 1 atom stereocenters. The summed E-state index contributed by atoms with van der Waals surface area (Å²) in [6, 6.07) is -0.208. The summed E-state index contributed by atoms with van der Waals surface area (Å²) in [6.45, 7) is 1.99. The number of hydrogen-bond acceptors (Lipinski definition) is 3. The van der Waals surface area contributed by atoms with Crippen molar-refractivity contribution in [2.75, 3.05) is 33.4 Å². The fourth-order valence-electron chi connectivity index (χ4n) is 1.65. The Kier molecular flexibility index (Phi) is 7.70. The zero-order valence-electron chi connectivity index (χ0n) is 9.89. The van der Waals surface area contributed by atoms with Crippen LogP contribution in [0.2, 0.25) is 0 Å². The summed E-state index contributed by atoms with van der Waals surface area (Å²) in [7, 11) is 1.50. The average Bonchev–Trinajstić information content (AvgIpc) is 2.19. The topological polar surface area (TPSA) is 38.5 Å². The van der Waals surface area contributed by atoms with Gasteiger partial charge in [-0.2, -0.15) is 13.2 Å². The Hall–Kier alpha value is -0.330. The first kappa shape index (κ1) is 15.7. The number of halogens is 3. The van der Waals surface area contributed by atoms with E-state index in [9.17, 15) is 13.2 Å². The second-order valence-corrected chi connectivity index (χ2v) is 3.72. The molecule has 2 N–H and O–H groups in total. The minimum Gasteiger partial charge on any atom is -0.383 e. The third kappa shape index (κ3) is 7.03. The molecule has 0 rings (SSSR count). The third-order valence-corrected chi connectivity index (χ3v) is 2.41. The summed E-state index contributed by atoms with van der Waals surface area (Å²) in [5.74, 6) is 0. The number of nitrogens with two attached hydrogens (primary N) is 1. The first-order valence-electron chi connectivity index (χ1n) is 5.44. The van der Waals surface area contributed by atoms with Crippen molar-refractivity contribution < 1.29 is 17.9 Å². The van der Waals surface area contributed by atoms with Gasteiger partial charge in [0.15, 0.2) is 0 Å². The van der Waals surface area contributed by atoms with Crippen LogP contribution in [0.15, 0.2) is 0 Å². The Morgan fingerprint density at radius 3 is 2.38 bits per heavy atom. The van der Waals surface area contributed by atoms with Crippen LogP contribution in [0.1, 0.15) is 19.8 Å². The Labute approximate surface area is 94.7 Å². The molecule has 0 aliphatic rings. The van der Waals surface area contributed by atoms with Gasteiger partial charge in [-0.3, -0.25) is 4.90 Å². The standard InChI is InChI=1S/C10H21F3N2O/c1-3-15(8-10(11,12)13)9(7-16-2)5-4-6-14/h9H,3-8,14H2,1-2H3. The minimum absolute atomic E-state index is 0.208. The molecule has 0 radical (unpaired) electrons. The van der Waals surface area contributed by atoms with E-state index in [-0.39, 0.29) is 6.04 Å². The van der Waals surface area contributed by atoms with Crippen molar-refractivity contribution in [2.24, 2.45) is 5.73 Å². The maximum Gasteiger partial charge on any atom is 0.401 e. The van der Waals surface area contributed by atoms with Crippen molar-refractivity contribution >= 4 is 0 Å². The Bertz CT molecular complexity index is 176. The molecule has 0 saturated heterocycles. The van der Waals surface area contributed by atoms with E-state index in [2.05, 4.69) is 0 Å². The summed E-state index contributed by atoms with van der Waals surface area (Å²) in [5, 5.41) is 0. The second kappa shape index (κ2) is 7.86. The lowest BCUT2D eigenvalue weighted by Crippen LogP contribution is -2.44. The molecule has 0 bridgehead atoms. The van der Waals surface area contributed by atoms with Gasteiger partial charge in [-0.15, -0.1) is 0 Å². The lowest BCUT2D eigenvalue weighted by atomic mass is 10.1. The number of methoxy groups -OCH3 is 1. The van der Waals surface area contributed by atoms with Crippen LogP contribution in [0, 0.1) is 0 Å². The average molecular weight is 242 g/mol. The molecule has 6 heteroatoms. The molecule has 0 aliphatic heterocycles. The van der Waals surface area contributed by atoms with E-state index in [1.54, 1.807) is 6.92 Å². The smallest absolute Gasteiger partial charge is 0.383 e. The number of nitrogens with zero attached hydrogens (tertiary/aromatic N) is 1. The van der Waals surface area contributed by atoms with E-state index >= 15 is 0 Å². The SMILES string of the molecule is CCN(CC(F)(F)F)C(CCCN)COC. The van der Waals surface area contributed by atoms with Gasteiger partial charge >= 0.3 is 6.18 Å². The van der Waals surface area contributed by atoms with Crippen LogP contribution in [0.25, 0.3) is 0 Å². The fraction of sp³-hybridized carbons (Fsp3) is 1.00. The number of rotatable bonds is 8. The normalized spacial score (nSPS) is 14.4. The Morgan fingerprint density at radius 1 is 1.38 bits per heavy atom. The summed E-state index contributed by atoms with van der Waals surface area (Å²) >= 11 is 0. The Balaban J connectivity index is 4.32. The molecule has 3 nitrogen and oxygen atoms in total. The number of hydrogen-bond donors (Lipinski definition) is 1. The molecule has 0 amide bonds. The van der Waals surface area contributed by atoms with Crippen molar-refractivity contribution in [1.29, 1.82) is 0 Å². The molecule has 16 heavy (non-hydrogen) atoms. The zero-order chi connectivity index (χ0) is 12.6. The van der Waals surface area contributed by atoms with Crippen LogP contribution in [0.3, 0.4) is 0 Å². The second-order valence-electron chi connectivity index (χ2n) is 3.72. The predicted molar refractivity (Wildman–Crippen MR) is 57.3 cm³/mol. The van der Waals surface area contributed by atoms with E-state index in [4.69, 9.17) is 10.5 Å². The van der Waals surface area contributed by atoms with Gasteiger partial charge in [-0.05, 0) is 25.9 Å². The molecule has 0 spiro atoms. The van der Waals surface area contributed by atoms with Gasteiger partial charge < -0.3 is 10.5 Å². The lowest BCUT2D eigenvalue weighted by molar-refractivity contribution is -0.152. The minimum atomic E-state index is -4.16. The summed E-state index contributed by atoms with van der Waals surface area (Å²) in [5.41, 5.74) is 5.36. The van der Waals surface area contributed by atoms with E-state index in [1.165, 1.54) is 12.0 Å². The van der Waals surface area contributed by atoms with Gasteiger partial charge in [-0.1, -0.05) is 6.92 Å². The number of alkyl halides is 3. The van der Waals surface area contributed by atoms with Crippen molar-refractivity contribution in [3.63, 3.8) is 0 Å². The molecular weight excluding hydrogens is 221 g/mol.